The van der Waals surface area contributed by atoms with Gasteiger partial charge in [-0.1, -0.05) is 69.4 Å². The van der Waals surface area contributed by atoms with Crippen molar-refractivity contribution in [2.75, 3.05) is 7.11 Å². The molecule has 0 unspecified atom stereocenters. The van der Waals surface area contributed by atoms with Crippen LogP contribution in [0.2, 0.25) is 0 Å². The van der Waals surface area contributed by atoms with Gasteiger partial charge in [-0.25, -0.2) is 0 Å². The minimum absolute atomic E-state index is 0.0202. The topological polar surface area (TPSA) is 26.3 Å². The SMILES string of the molecule is C=C(C)C1=C(C)C[C@@]2(C)C[C@@]3(C)Cc4c(-c5cc(C=O)ccc5OC)ccc(C)c4C(=C)C3=C(C)[C@@]2(C)C1=C. The van der Waals surface area contributed by atoms with Crippen molar-refractivity contribution in [1.82, 2.24) is 0 Å². The Labute approximate surface area is 234 Å². The van der Waals surface area contributed by atoms with E-state index in [-0.39, 0.29) is 16.2 Å². The summed E-state index contributed by atoms with van der Waals surface area (Å²) in [6.45, 7) is 30.1. The Hall–Kier alpha value is -3.39. The van der Waals surface area contributed by atoms with Gasteiger partial charge in [-0.05, 0) is 121 Å². The van der Waals surface area contributed by atoms with Crippen molar-refractivity contribution in [3.05, 3.63) is 106 Å². The van der Waals surface area contributed by atoms with Crippen LogP contribution in [0.5, 0.6) is 5.75 Å². The lowest BCUT2D eigenvalue weighted by molar-refractivity contribution is 0.0544. The molecule has 202 valence electrons. The van der Waals surface area contributed by atoms with Gasteiger partial charge in [-0.2, -0.15) is 0 Å². The first kappa shape index (κ1) is 27.2. The van der Waals surface area contributed by atoms with Crippen LogP contribution in [0.25, 0.3) is 16.7 Å². The van der Waals surface area contributed by atoms with Gasteiger partial charge < -0.3 is 4.74 Å². The highest BCUT2D eigenvalue weighted by atomic mass is 16.5. The van der Waals surface area contributed by atoms with Crippen molar-refractivity contribution in [1.29, 1.82) is 0 Å². The van der Waals surface area contributed by atoms with Crippen LogP contribution >= 0.6 is 0 Å². The third kappa shape index (κ3) is 3.56. The molecule has 2 aromatic rings. The molecule has 0 radical (unpaired) electrons. The predicted molar refractivity (Wildman–Crippen MR) is 164 cm³/mol. The molecule has 3 aliphatic rings. The number of aryl methyl sites for hydroxylation is 1. The normalized spacial score (nSPS) is 28.1. The molecule has 39 heavy (non-hydrogen) atoms. The fourth-order valence-corrected chi connectivity index (χ4v) is 8.80. The number of hydrogen-bond donors (Lipinski definition) is 0. The first-order valence-corrected chi connectivity index (χ1v) is 14.0. The number of fused-ring (bicyclic) bond motifs is 3. The number of carbonyl (C=O) groups is 1. The van der Waals surface area contributed by atoms with Gasteiger partial charge in [0.2, 0.25) is 0 Å². The summed E-state index contributed by atoms with van der Waals surface area (Å²) in [7, 11) is 1.69. The average Bonchev–Trinajstić information content (AvgIpc) is 2.85. The lowest BCUT2D eigenvalue weighted by Gasteiger charge is -2.62. The second kappa shape index (κ2) is 8.81. The molecule has 0 heterocycles. The van der Waals surface area contributed by atoms with Crippen molar-refractivity contribution in [3.63, 3.8) is 0 Å². The number of aldehydes is 1. The molecular weight excluding hydrogens is 476 g/mol. The number of rotatable bonds is 4. The molecule has 0 aromatic heterocycles. The maximum atomic E-state index is 11.7. The Balaban J connectivity index is 1.78. The van der Waals surface area contributed by atoms with E-state index >= 15 is 0 Å². The Bertz CT molecular complexity index is 1560. The van der Waals surface area contributed by atoms with Crippen LogP contribution in [-0.4, -0.2) is 13.4 Å². The number of hydrogen-bond acceptors (Lipinski definition) is 2. The molecule has 0 spiro atoms. The van der Waals surface area contributed by atoms with Crippen molar-refractivity contribution in [2.45, 2.75) is 67.7 Å². The first-order chi connectivity index (χ1) is 18.2. The molecule has 0 fully saturated rings. The highest BCUT2D eigenvalue weighted by Gasteiger charge is 2.59. The first-order valence-electron chi connectivity index (χ1n) is 14.0. The average molecular weight is 519 g/mol. The number of carbonyl (C=O) groups excluding carboxylic acids is 1. The van der Waals surface area contributed by atoms with Crippen molar-refractivity contribution in [2.24, 2.45) is 16.2 Å². The second-order valence-corrected chi connectivity index (χ2v) is 13.0. The van der Waals surface area contributed by atoms with Crippen LogP contribution in [-0.2, 0) is 6.42 Å². The third-order valence-corrected chi connectivity index (χ3v) is 10.5. The summed E-state index contributed by atoms with van der Waals surface area (Å²) in [4.78, 5) is 11.7. The van der Waals surface area contributed by atoms with Crippen molar-refractivity contribution >= 4 is 11.9 Å². The lowest BCUT2D eigenvalue weighted by Crippen LogP contribution is -2.52. The minimum Gasteiger partial charge on any atom is -0.496 e. The molecule has 2 heteroatoms. The number of methoxy groups -OCH3 is 1. The zero-order chi connectivity index (χ0) is 28.7. The molecule has 0 saturated heterocycles. The van der Waals surface area contributed by atoms with Gasteiger partial charge in [0.05, 0.1) is 7.11 Å². The zero-order valence-electron chi connectivity index (χ0n) is 25.0. The Morgan fingerprint density at radius 3 is 2.31 bits per heavy atom. The Morgan fingerprint density at radius 1 is 1.00 bits per heavy atom. The number of benzene rings is 2. The van der Waals surface area contributed by atoms with E-state index in [4.69, 9.17) is 17.9 Å². The molecule has 0 bridgehead atoms. The van der Waals surface area contributed by atoms with E-state index in [1.807, 2.05) is 18.2 Å². The van der Waals surface area contributed by atoms with Crippen LogP contribution in [0, 0.1) is 23.2 Å². The Morgan fingerprint density at radius 2 is 1.69 bits per heavy atom. The van der Waals surface area contributed by atoms with Crippen LogP contribution in [0.3, 0.4) is 0 Å². The maximum absolute atomic E-state index is 11.7. The predicted octanol–water partition coefficient (Wildman–Crippen LogP) is 9.64. The van der Waals surface area contributed by atoms with Gasteiger partial charge >= 0.3 is 0 Å². The summed E-state index contributed by atoms with van der Waals surface area (Å²) in [6, 6.07) is 10.0. The van der Waals surface area contributed by atoms with E-state index in [0.29, 0.717) is 5.56 Å². The molecule has 2 nitrogen and oxygen atoms in total. The van der Waals surface area contributed by atoms with E-state index in [1.165, 1.54) is 44.6 Å². The zero-order valence-corrected chi connectivity index (χ0v) is 25.0. The monoisotopic (exact) mass is 518 g/mol. The highest BCUT2D eigenvalue weighted by molar-refractivity contribution is 5.91. The van der Waals surface area contributed by atoms with Crippen LogP contribution < -0.4 is 4.74 Å². The summed E-state index contributed by atoms with van der Waals surface area (Å²) >= 11 is 0. The van der Waals surface area contributed by atoms with Gasteiger partial charge in [0.15, 0.2) is 0 Å². The smallest absolute Gasteiger partial charge is 0.150 e. The van der Waals surface area contributed by atoms with E-state index < -0.39 is 0 Å². The molecule has 0 amide bonds. The summed E-state index contributed by atoms with van der Waals surface area (Å²) < 4.78 is 5.78. The number of allylic oxidation sites excluding steroid dienone is 7. The molecule has 0 saturated carbocycles. The quantitative estimate of drug-likeness (QED) is 0.377. The summed E-state index contributed by atoms with van der Waals surface area (Å²) in [5, 5.41) is 0. The number of ether oxygens (including phenoxy) is 1. The fraction of sp³-hybridized carbons (Fsp3) is 0.378. The molecule has 0 N–H and O–H groups in total. The lowest BCUT2D eigenvalue weighted by atomic mass is 9.41. The second-order valence-electron chi connectivity index (χ2n) is 13.0. The molecule has 3 atom stereocenters. The van der Waals surface area contributed by atoms with Gasteiger partial charge in [0, 0.05) is 16.5 Å². The van der Waals surface area contributed by atoms with Gasteiger partial charge in [-0.3, -0.25) is 4.79 Å². The van der Waals surface area contributed by atoms with Gasteiger partial charge in [-0.15, -0.1) is 0 Å². The van der Waals surface area contributed by atoms with E-state index in [0.717, 1.165) is 53.6 Å². The van der Waals surface area contributed by atoms with Gasteiger partial charge in [0.25, 0.3) is 0 Å². The summed E-state index contributed by atoms with van der Waals surface area (Å²) in [6.07, 6.45) is 3.89. The fourth-order valence-electron chi connectivity index (χ4n) is 8.80. The summed E-state index contributed by atoms with van der Waals surface area (Å²) in [5.74, 6) is 0.778. The molecular formula is C37H42O2. The van der Waals surface area contributed by atoms with Crippen LogP contribution in [0.4, 0.5) is 0 Å². The van der Waals surface area contributed by atoms with E-state index in [9.17, 15) is 4.79 Å². The standard InChI is InChI=1S/C37H42O2/c1-21(2)32-23(4)17-36(9)20-35(8)18-30-28(29-16-27(19-38)13-15-31(29)39-11)14-12-22(3)33(30)24(5)34(35)26(7)37(36,10)25(32)6/h12-16,19H,1,5-6,17-18,20H2,2-4,7-11H3/t35-,36+,37-/m1/s1. The molecule has 5 rings (SSSR count). The minimum atomic E-state index is -0.177. The van der Waals surface area contributed by atoms with E-state index in [1.54, 1.807) is 7.11 Å². The summed E-state index contributed by atoms with van der Waals surface area (Å²) in [5.41, 5.74) is 15.1. The largest absolute Gasteiger partial charge is 0.496 e. The van der Waals surface area contributed by atoms with Crippen LogP contribution in [0.15, 0.2) is 83.5 Å². The van der Waals surface area contributed by atoms with Crippen molar-refractivity contribution < 1.29 is 9.53 Å². The van der Waals surface area contributed by atoms with E-state index in [2.05, 4.69) is 67.2 Å². The van der Waals surface area contributed by atoms with Crippen LogP contribution in [0.1, 0.15) is 81.4 Å². The highest BCUT2D eigenvalue weighted by Crippen LogP contribution is 2.70. The molecule has 3 aliphatic carbocycles. The Kier molecular flexibility index (Phi) is 6.14. The van der Waals surface area contributed by atoms with Crippen molar-refractivity contribution in [3.8, 4) is 16.9 Å². The molecule has 0 aliphatic heterocycles. The third-order valence-electron chi connectivity index (χ3n) is 10.5. The maximum Gasteiger partial charge on any atom is 0.150 e. The van der Waals surface area contributed by atoms with Gasteiger partial charge in [0.1, 0.15) is 12.0 Å². The molecule has 2 aromatic carbocycles.